The van der Waals surface area contributed by atoms with Gasteiger partial charge < -0.3 is 4.90 Å². The predicted molar refractivity (Wildman–Crippen MR) is 90.5 cm³/mol. The number of halogens is 2. The van der Waals surface area contributed by atoms with Crippen LogP contribution in [0, 0.1) is 5.92 Å². The van der Waals surface area contributed by atoms with Crippen LogP contribution in [0.2, 0.25) is 10.0 Å². The number of rotatable bonds is 4. The summed E-state index contributed by atoms with van der Waals surface area (Å²) in [5.41, 5.74) is 1.21. The van der Waals surface area contributed by atoms with Crippen molar-refractivity contribution in [3.8, 4) is 0 Å². The summed E-state index contributed by atoms with van der Waals surface area (Å²) < 4.78 is 0. The van der Waals surface area contributed by atoms with E-state index in [1.54, 1.807) is 0 Å². The summed E-state index contributed by atoms with van der Waals surface area (Å²) in [5.74, 6) is 0.707. The molecule has 1 amide bonds. The number of nitrogens with zero attached hydrogens (tertiary/aromatic N) is 2. The van der Waals surface area contributed by atoms with Gasteiger partial charge in [-0.25, -0.2) is 0 Å². The highest BCUT2D eigenvalue weighted by atomic mass is 35.5. The zero-order chi connectivity index (χ0) is 15.5. The van der Waals surface area contributed by atoms with Crippen LogP contribution in [0.5, 0.6) is 0 Å². The van der Waals surface area contributed by atoms with Crippen molar-refractivity contribution >= 4 is 29.1 Å². The molecule has 22 heavy (non-hydrogen) atoms. The smallest absolute Gasteiger partial charge is 0.225 e. The molecule has 1 saturated carbocycles. The molecule has 1 aromatic carbocycles. The Morgan fingerprint density at radius 1 is 1.09 bits per heavy atom. The van der Waals surface area contributed by atoms with Crippen LogP contribution in [0.15, 0.2) is 18.2 Å². The van der Waals surface area contributed by atoms with E-state index in [1.165, 1.54) is 12.0 Å². The first kappa shape index (κ1) is 16.1. The number of piperazine rings is 1. The molecule has 3 nitrogen and oxygen atoms in total. The van der Waals surface area contributed by atoms with Gasteiger partial charge in [0.25, 0.3) is 0 Å². The molecule has 2 fully saturated rings. The van der Waals surface area contributed by atoms with Gasteiger partial charge in [0.1, 0.15) is 0 Å². The Labute approximate surface area is 142 Å². The number of hydrogen-bond donors (Lipinski definition) is 0. The van der Waals surface area contributed by atoms with Gasteiger partial charge in [-0.15, -0.1) is 0 Å². The lowest BCUT2D eigenvalue weighted by Gasteiger charge is -2.38. The van der Waals surface area contributed by atoms with Crippen molar-refractivity contribution < 1.29 is 4.79 Å². The van der Waals surface area contributed by atoms with Crippen molar-refractivity contribution in [3.05, 3.63) is 33.8 Å². The maximum Gasteiger partial charge on any atom is 0.225 e. The molecule has 1 aromatic rings. The van der Waals surface area contributed by atoms with Gasteiger partial charge in [-0.1, -0.05) is 35.7 Å². The normalized spacial score (nSPS) is 20.0. The maximum atomic E-state index is 12.2. The second-order valence-electron chi connectivity index (χ2n) is 6.29. The molecule has 5 heteroatoms. The average molecular weight is 341 g/mol. The third kappa shape index (κ3) is 3.76. The molecular weight excluding hydrogens is 319 g/mol. The van der Waals surface area contributed by atoms with Gasteiger partial charge in [0.05, 0.1) is 10.0 Å². The fourth-order valence-electron chi connectivity index (χ4n) is 3.09. The molecule has 120 valence electrons. The fraction of sp³-hybridized carbons (Fsp3) is 0.588. The molecule has 0 spiro atoms. The zero-order valence-electron chi connectivity index (χ0n) is 12.7. The van der Waals surface area contributed by atoms with Crippen molar-refractivity contribution in [1.29, 1.82) is 0 Å². The monoisotopic (exact) mass is 340 g/mol. The van der Waals surface area contributed by atoms with E-state index in [-0.39, 0.29) is 0 Å². The minimum Gasteiger partial charge on any atom is -0.340 e. The first-order valence-electron chi connectivity index (χ1n) is 8.08. The van der Waals surface area contributed by atoms with Gasteiger partial charge in [-0.2, -0.15) is 0 Å². The Kier molecular flexibility index (Phi) is 5.27. The first-order valence-corrected chi connectivity index (χ1v) is 8.84. The van der Waals surface area contributed by atoms with Crippen molar-refractivity contribution in [2.24, 2.45) is 5.92 Å². The molecule has 2 aliphatic rings. The van der Waals surface area contributed by atoms with E-state index in [0.717, 1.165) is 52.0 Å². The highest BCUT2D eigenvalue weighted by molar-refractivity contribution is 6.42. The van der Waals surface area contributed by atoms with Crippen LogP contribution in [-0.2, 0) is 11.2 Å². The molecule has 0 bridgehead atoms. The van der Waals surface area contributed by atoms with Crippen LogP contribution in [-0.4, -0.2) is 48.4 Å². The van der Waals surface area contributed by atoms with Gasteiger partial charge in [0.2, 0.25) is 5.91 Å². The van der Waals surface area contributed by atoms with E-state index in [4.69, 9.17) is 23.2 Å². The molecule has 1 saturated heterocycles. The largest absolute Gasteiger partial charge is 0.340 e. The van der Waals surface area contributed by atoms with Gasteiger partial charge in [0.15, 0.2) is 0 Å². The number of carbonyl (C=O) groups is 1. The van der Waals surface area contributed by atoms with Gasteiger partial charge >= 0.3 is 0 Å². The molecule has 0 N–H and O–H groups in total. The lowest BCUT2D eigenvalue weighted by Crippen LogP contribution is -2.51. The lowest BCUT2D eigenvalue weighted by atomic mass is 9.84. The lowest BCUT2D eigenvalue weighted by molar-refractivity contribution is -0.139. The Balaban J connectivity index is 1.43. The fourth-order valence-corrected chi connectivity index (χ4v) is 3.41. The van der Waals surface area contributed by atoms with Gasteiger partial charge in [-0.05, 0) is 37.0 Å². The van der Waals surface area contributed by atoms with E-state index in [2.05, 4.69) is 9.80 Å². The Morgan fingerprint density at radius 3 is 2.41 bits per heavy atom. The second-order valence-corrected chi connectivity index (χ2v) is 7.11. The quantitative estimate of drug-likeness (QED) is 0.837. The minimum atomic E-state index is 0.322. The summed E-state index contributed by atoms with van der Waals surface area (Å²) in [7, 11) is 0. The van der Waals surface area contributed by atoms with E-state index in [1.807, 2.05) is 18.2 Å². The molecule has 0 atom stereocenters. The van der Waals surface area contributed by atoms with E-state index in [9.17, 15) is 4.79 Å². The summed E-state index contributed by atoms with van der Waals surface area (Å²) >= 11 is 12.0. The first-order chi connectivity index (χ1) is 10.6. The van der Waals surface area contributed by atoms with Crippen LogP contribution in [0.3, 0.4) is 0 Å². The SMILES string of the molecule is O=C(C1CCC1)N1CCN(CCc2ccc(Cl)c(Cl)c2)CC1. The van der Waals surface area contributed by atoms with Crippen molar-refractivity contribution in [1.82, 2.24) is 9.80 Å². The summed E-state index contributed by atoms with van der Waals surface area (Å²) in [5, 5.41) is 1.23. The van der Waals surface area contributed by atoms with E-state index < -0.39 is 0 Å². The van der Waals surface area contributed by atoms with Crippen LogP contribution >= 0.6 is 23.2 Å². The molecule has 0 aromatic heterocycles. The van der Waals surface area contributed by atoms with Crippen molar-refractivity contribution in [2.45, 2.75) is 25.7 Å². The molecule has 3 rings (SSSR count). The van der Waals surface area contributed by atoms with Crippen LogP contribution < -0.4 is 0 Å². The number of amides is 1. The predicted octanol–water partition coefficient (Wildman–Crippen LogP) is 3.48. The molecule has 0 unspecified atom stereocenters. The van der Waals surface area contributed by atoms with Crippen LogP contribution in [0.4, 0.5) is 0 Å². The summed E-state index contributed by atoms with van der Waals surface area (Å²) in [6.07, 6.45) is 4.38. The number of hydrogen-bond acceptors (Lipinski definition) is 2. The maximum absolute atomic E-state index is 12.2. The minimum absolute atomic E-state index is 0.322. The zero-order valence-corrected chi connectivity index (χ0v) is 14.2. The average Bonchev–Trinajstić information content (AvgIpc) is 2.47. The van der Waals surface area contributed by atoms with Crippen LogP contribution in [0.25, 0.3) is 0 Å². The Bertz CT molecular complexity index is 537. The summed E-state index contributed by atoms with van der Waals surface area (Å²) in [6, 6.07) is 5.83. The third-order valence-electron chi connectivity index (χ3n) is 4.84. The highest BCUT2D eigenvalue weighted by Gasteiger charge is 2.30. The highest BCUT2D eigenvalue weighted by Crippen LogP contribution is 2.28. The molecule has 1 aliphatic heterocycles. The molecular formula is C17H22Cl2N2O. The van der Waals surface area contributed by atoms with Crippen molar-refractivity contribution in [3.63, 3.8) is 0 Å². The molecule has 1 aliphatic carbocycles. The van der Waals surface area contributed by atoms with Gasteiger partial charge in [-0.3, -0.25) is 9.69 Å². The van der Waals surface area contributed by atoms with Crippen molar-refractivity contribution in [2.75, 3.05) is 32.7 Å². The van der Waals surface area contributed by atoms with Gasteiger partial charge in [0, 0.05) is 38.6 Å². The summed E-state index contributed by atoms with van der Waals surface area (Å²) in [6.45, 7) is 4.69. The Morgan fingerprint density at radius 2 is 1.82 bits per heavy atom. The summed E-state index contributed by atoms with van der Waals surface area (Å²) in [4.78, 5) is 16.7. The van der Waals surface area contributed by atoms with E-state index in [0.29, 0.717) is 21.9 Å². The Hall–Kier alpha value is -0.770. The number of benzene rings is 1. The van der Waals surface area contributed by atoms with Crippen LogP contribution in [0.1, 0.15) is 24.8 Å². The van der Waals surface area contributed by atoms with E-state index >= 15 is 0 Å². The third-order valence-corrected chi connectivity index (χ3v) is 5.58. The standard InChI is InChI=1S/C17H22Cl2N2O/c18-15-5-4-13(12-16(15)19)6-7-20-8-10-21(11-9-20)17(22)14-2-1-3-14/h4-5,12,14H,1-3,6-11H2. The topological polar surface area (TPSA) is 23.6 Å². The molecule has 1 heterocycles. The number of carbonyl (C=O) groups excluding carboxylic acids is 1. The molecule has 0 radical (unpaired) electrons. The second kappa shape index (κ2) is 7.20.